The summed E-state index contributed by atoms with van der Waals surface area (Å²) in [4.78, 5) is 42.6. The number of unbranched alkanes of at least 4 members (excludes halogenated alkanes) is 3. The van der Waals surface area contributed by atoms with E-state index < -0.39 is 22.6 Å². The van der Waals surface area contributed by atoms with Gasteiger partial charge in [-0.2, -0.15) is 0 Å². The molecule has 0 aromatic carbocycles. The van der Waals surface area contributed by atoms with E-state index in [4.69, 9.17) is 5.11 Å². The molecule has 3 rings (SSSR count). The van der Waals surface area contributed by atoms with Gasteiger partial charge in [-0.15, -0.1) is 11.8 Å². The van der Waals surface area contributed by atoms with Crippen molar-refractivity contribution in [2.24, 2.45) is 11.8 Å². The predicted molar refractivity (Wildman–Crippen MR) is 132 cm³/mol. The lowest BCUT2D eigenvalue weighted by molar-refractivity contribution is -0.140. The highest BCUT2D eigenvalue weighted by Gasteiger charge is 2.76. The maximum atomic E-state index is 13.9. The largest absolute Gasteiger partial charge is 0.396 e. The quantitative estimate of drug-likeness (QED) is 0.351. The second-order valence-corrected chi connectivity index (χ2v) is 12.3. The highest BCUT2D eigenvalue weighted by atomic mass is 32.2. The molecule has 3 N–H and O–H groups in total. The van der Waals surface area contributed by atoms with Crippen LogP contribution in [0.15, 0.2) is 0 Å². The Bertz CT molecular complexity index is 734. The first-order chi connectivity index (χ1) is 15.8. The van der Waals surface area contributed by atoms with Gasteiger partial charge in [0, 0.05) is 30.5 Å². The number of hydrogen-bond acceptors (Lipinski definition) is 5. The van der Waals surface area contributed by atoms with Gasteiger partial charge in [0.1, 0.15) is 6.04 Å². The van der Waals surface area contributed by atoms with Crippen molar-refractivity contribution in [3.8, 4) is 0 Å². The summed E-state index contributed by atoms with van der Waals surface area (Å²) in [6.45, 7) is 9.58. The van der Waals surface area contributed by atoms with Crippen molar-refractivity contribution in [2.45, 2.75) is 107 Å². The molecule has 3 aliphatic heterocycles. The van der Waals surface area contributed by atoms with Crippen LogP contribution < -0.4 is 10.6 Å². The number of nitrogens with zero attached hydrogens (tertiary/aromatic N) is 1. The van der Waals surface area contributed by atoms with E-state index in [2.05, 4.69) is 24.5 Å². The number of thioether (sulfide) groups is 1. The van der Waals surface area contributed by atoms with E-state index >= 15 is 0 Å². The van der Waals surface area contributed by atoms with Crippen LogP contribution >= 0.6 is 11.8 Å². The topological polar surface area (TPSA) is 98.7 Å². The van der Waals surface area contributed by atoms with Crippen LogP contribution in [0.2, 0.25) is 0 Å². The zero-order valence-electron chi connectivity index (χ0n) is 20.8. The summed E-state index contributed by atoms with van der Waals surface area (Å²) in [5.74, 6) is -0.942. The van der Waals surface area contributed by atoms with Crippen LogP contribution in [0.25, 0.3) is 0 Å². The van der Waals surface area contributed by atoms with E-state index in [1.165, 1.54) is 0 Å². The molecule has 3 amide bonds. The number of carbonyl (C=O) groups is 3. The second-order valence-electron chi connectivity index (χ2n) is 10.4. The molecule has 3 heterocycles. The van der Waals surface area contributed by atoms with Crippen molar-refractivity contribution in [2.75, 3.05) is 19.7 Å². The fourth-order valence-corrected chi connectivity index (χ4v) is 8.66. The SMILES string of the molecule is CCCNC(=O)[C@H]1[C@H]2C(=O)N(CCCCCCO)C(C(=O)NC(C)CCC)C23CC[C@]1(C)S3. The Morgan fingerprint density at radius 3 is 2.55 bits per heavy atom. The summed E-state index contributed by atoms with van der Waals surface area (Å²) in [5, 5.41) is 15.3. The van der Waals surface area contributed by atoms with Crippen LogP contribution in [-0.4, -0.2) is 69.0 Å². The second kappa shape index (κ2) is 11.0. The van der Waals surface area contributed by atoms with Crippen molar-refractivity contribution in [1.82, 2.24) is 15.5 Å². The Morgan fingerprint density at radius 1 is 1.15 bits per heavy atom. The molecule has 3 aliphatic rings. The third kappa shape index (κ3) is 4.93. The summed E-state index contributed by atoms with van der Waals surface area (Å²) in [6.07, 6.45) is 7.77. The molecule has 33 heavy (non-hydrogen) atoms. The molecule has 1 spiro atoms. The van der Waals surface area contributed by atoms with Crippen molar-refractivity contribution < 1.29 is 19.5 Å². The first kappa shape index (κ1) is 26.3. The zero-order valence-corrected chi connectivity index (χ0v) is 21.6. The van der Waals surface area contributed by atoms with E-state index in [0.717, 1.165) is 57.8 Å². The molecule has 8 heteroatoms. The molecule has 0 aromatic heterocycles. The summed E-state index contributed by atoms with van der Waals surface area (Å²) < 4.78 is -0.833. The van der Waals surface area contributed by atoms with E-state index in [-0.39, 0.29) is 35.1 Å². The number of aliphatic hydroxyl groups is 1. The van der Waals surface area contributed by atoms with Gasteiger partial charge in [0.05, 0.1) is 16.6 Å². The number of nitrogens with one attached hydrogen (secondary N) is 2. The fraction of sp³-hybridized carbons (Fsp3) is 0.880. The Kier molecular flexibility index (Phi) is 8.76. The number of likely N-dealkylation sites (tertiary alicyclic amines) is 1. The number of hydrogen-bond donors (Lipinski definition) is 3. The Balaban J connectivity index is 1.88. The van der Waals surface area contributed by atoms with Crippen molar-refractivity contribution in [3.05, 3.63) is 0 Å². The predicted octanol–water partition coefficient (Wildman–Crippen LogP) is 2.85. The normalized spacial score (nSPS) is 33.3. The third-order valence-electron chi connectivity index (χ3n) is 7.77. The number of rotatable bonds is 13. The molecule has 0 saturated carbocycles. The molecule has 0 aromatic rings. The highest BCUT2D eigenvalue weighted by molar-refractivity contribution is 8.02. The first-order valence-corrected chi connectivity index (χ1v) is 13.8. The van der Waals surface area contributed by atoms with E-state index in [1.807, 2.05) is 13.8 Å². The average Bonchev–Trinajstić information content (AvgIpc) is 3.33. The summed E-state index contributed by atoms with van der Waals surface area (Å²) in [5.41, 5.74) is 0. The molecule has 0 radical (unpaired) electrons. The van der Waals surface area contributed by atoms with Crippen LogP contribution in [0.3, 0.4) is 0 Å². The van der Waals surface area contributed by atoms with Gasteiger partial charge in [-0.25, -0.2) is 0 Å². The lowest BCUT2D eigenvalue weighted by Crippen LogP contribution is -2.55. The van der Waals surface area contributed by atoms with Gasteiger partial charge in [-0.05, 0) is 52.4 Å². The minimum atomic E-state index is -0.527. The zero-order chi connectivity index (χ0) is 24.2. The molecular weight excluding hydrogens is 438 g/mol. The molecule has 3 fully saturated rings. The fourth-order valence-electron chi connectivity index (χ4n) is 6.30. The van der Waals surface area contributed by atoms with Crippen LogP contribution in [0.4, 0.5) is 0 Å². The van der Waals surface area contributed by atoms with Gasteiger partial charge < -0.3 is 20.6 Å². The molecule has 2 bridgehead atoms. The lowest BCUT2D eigenvalue weighted by Gasteiger charge is -2.35. The van der Waals surface area contributed by atoms with E-state index in [1.54, 1.807) is 16.7 Å². The number of fused-ring (bicyclic) bond motifs is 1. The summed E-state index contributed by atoms with van der Waals surface area (Å²) in [6, 6.07) is -0.467. The Labute approximate surface area is 203 Å². The van der Waals surface area contributed by atoms with Crippen LogP contribution in [0, 0.1) is 11.8 Å². The van der Waals surface area contributed by atoms with E-state index in [0.29, 0.717) is 13.1 Å². The summed E-state index contributed by atoms with van der Waals surface area (Å²) >= 11 is 1.74. The smallest absolute Gasteiger partial charge is 0.244 e. The van der Waals surface area contributed by atoms with Gasteiger partial charge >= 0.3 is 0 Å². The summed E-state index contributed by atoms with van der Waals surface area (Å²) in [7, 11) is 0. The van der Waals surface area contributed by atoms with Crippen LogP contribution in [0.1, 0.15) is 85.5 Å². The number of aliphatic hydroxyl groups excluding tert-OH is 1. The Hall–Kier alpha value is -1.28. The van der Waals surface area contributed by atoms with Crippen molar-refractivity contribution in [3.63, 3.8) is 0 Å². The average molecular weight is 482 g/mol. The van der Waals surface area contributed by atoms with E-state index in [9.17, 15) is 14.4 Å². The van der Waals surface area contributed by atoms with Gasteiger partial charge in [0.2, 0.25) is 17.7 Å². The van der Waals surface area contributed by atoms with Gasteiger partial charge in [-0.1, -0.05) is 33.1 Å². The first-order valence-electron chi connectivity index (χ1n) is 12.9. The van der Waals surface area contributed by atoms with Gasteiger partial charge in [-0.3, -0.25) is 14.4 Å². The Morgan fingerprint density at radius 2 is 1.88 bits per heavy atom. The molecule has 3 saturated heterocycles. The van der Waals surface area contributed by atoms with Crippen LogP contribution in [-0.2, 0) is 14.4 Å². The maximum Gasteiger partial charge on any atom is 0.244 e. The van der Waals surface area contributed by atoms with Crippen molar-refractivity contribution in [1.29, 1.82) is 0 Å². The van der Waals surface area contributed by atoms with Gasteiger partial charge in [0.25, 0.3) is 0 Å². The molecule has 188 valence electrons. The van der Waals surface area contributed by atoms with Gasteiger partial charge in [0.15, 0.2) is 0 Å². The number of amides is 3. The molecule has 7 nitrogen and oxygen atoms in total. The highest BCUT2D eigenvalue weighted by Crippen LogP contribution is 2.71. The standard InChI is InChI=1S/C25H43N3O4S/c1-5-11-17(3)27-22(31)20-25-13-12-24(4,33-25)18(21(30)26-14-6-2)19(25)23(32)28(20)15-9-7-8-10-16-29/h17-20,29H,5-16H2,1-4H3,(H,26,30)(H,27,31)/t17?,18-,19+,20?,24+,25?/m1/s1. The molecule has 0 aliphatic carbocycles. The molecular formula is C25H43N3O4S. The minimum absolute atomic E-state index is 0.0203. The molecule has 6 atom stereocenters. The lowest BCUT2D eigenvalue weighted by atomic mass is 9.66. The van der Waals surface area contributed by atoms with Crippen LogP contribution in [0.5, 0.6) is 0 Å². The third-order valence-corrected chi connectivity index (χ3v) is 9.76. The minimum Gasteiger partial charge on any atom is -0.396 e. The monoisotopic (exact) mass is 481 g/mol. The molecule has 3 unspecified atom stereocenters. The van der Waals surface area contributed by atoms with Crippen molar-refractivity contribution >= 4 is 29.5 Å². The maximum absolute atomic E-state index is 13.9. The number of carbonyl (C=O) groups excluding carboxylic acids is 3.